The molecule has 0 amide bonds. The molecule has 0 bridgehead atoms. The van der Waals surface area contributed by atoms with Crippen molar-refractivity contribution >= 4 is 17.9 Å². The number of rotatable bonds is 4. The number of nitrogens with zero attached hydrogens (tertiary/aromatic N) is 3. The second-order valence-corrected chi connectivity index (χ2v) is 5.64. The van der Waals surface area contributed by atoms with Crippen molar-refractivity contribution in [2.75, 3.05) is 6.61 Å². The molecular weight excluding hydrogens is 338 g/mol. The highest BCUT2D eigenvalue weighted by Gasteiger charge is 2.44. The topological polar surface area (TPSA) is 128 Å². The summed E-state index contributed by atoms with van der Waals surface area (Å²) in [4.78, 5) is 58.6. The van der Waals surface area contributed by atoms with Crippen LogP contribution in [0.25, 0.3) is 0 Å². The third-order valence-electron chi connectivity index (χ3n) is 3.74. The average Bonchev–Trinajstić information content (AvgIpc) is 2.70. The predicted octanol–water partition coefficient (Wildman–Crippen LogP) is -1.67. The Kier molecular flexibility index (Phi) is 5.14. The highest BCUT2D eigenvalue weighted by molar-refractivity contribution is 5.67. The Balaban J connectivity index is 2.57. The molecule has 3 atom stereocenters. The third kappa shape index (κ3) is 3.64. The smallest absolute Gasteiger partial charge is 0.347 e. The predicted molar refractivity (Wildman–Crippen MR) is 80.7 cm³/mol. The highest BCUT2D eigenvalue weighted by Crippen LogP contribution is 2.25. The Labute approximate surface area is 141 Å². The van der Waals surface area contributed by atoms with E-state index >= 15 is 0 Å². The Morgan fingerprint density at radius 3 is 2.12 bits per heavy atom. The summed E-state index contributed by atoms with van der Waals surface area (Å²) >= 11 is 0. The van der Waals surface area contributed by atoms with Crippen LogP contribution in [0.1, 0.15) is 26.8 Å². The molecule has 0 unspecified atom stereocenters. The minimum atomic E-state index is -1.10. The van der Waals surface area contributed by atoms with E-state index in [9.17, 15) is 24.0 Å². The maximum atomic E-state index is 12.4. The number of esters is 3. The number of ether oxygens (including phenoxy) is 3. The number of fused-ring (bicyclic) bond motifs is 1. The average molecular weight is 357 g/mol. The summed E-state index contributed by atoms with van der Waals surface area (Å²) in [5, 5.41) is 0. The van der Waals surface area contributed by atoms with Gasteiger partial charge in [0.1, 0.15) is 12.6 Å². The molecule has 1 aromatic rings. The lowest BCUT2D eigenvalue weighted by molar-refractivity contribution is -0.179. The van der Waals surface area contributed by atoms with E-state index in [0.29, 0.717) is 0 Å². The summed E-state index contributed by atoms with van der Waals surface area (Å²) in [6.45, 7) is 2.98. The van der Waals surface area contributed by atoms with Crippen LogP contribution in [0, 0.1) is 0 Å². The first-order chi connectivity index (χ1) is 11.6. The van der Waals surface area contributed by atoms with Gasteiger partial charge in [0.25, 0.3) is 0 Å². The number of aromatic nitrogens is 3. The van der Waals surface area contributed by atoms with E-state index in [1.54, 1.807) is 0 Å². The van der Waals surface area contributed by atoms with Gasteiger partial charge in [-0.15, -0.1) is 0 Å². The molecule has 2 heterocycles. The van der Waals surface area contributed by atoms with E-state index < -0.39 is 47.5 Å². The maximum Gasteiger partial charge on any atom is 0.347 e. The molecule has 0 fully saturated rings. The van der Waals surface area contributed by atoms with Crippen molar-refractivity contribution in [2.24, 2.45) is 7.05 Å². The van der Waals surface area contributed by atoms with Crippen LogP contribution in [-0.4, -0.2) is 50.7 Å². The molecule has 0 spiro atoms. The summed E-state index contributed by atoms with van der Waals surface area (Å²) in [5.74, 6) is -1.93. The molecule has 1 aliphatic rings. The largest absolute Gasteiger partial charge is 0.463 e. The van der Waals surface area contributed by atoms with E-state index in [1.807, 2.05) is 0 Å². The van der Waals surface area contributed by atoms with Crippen molar-refractivity contribution in [2.45, 2.75) is 45.6 Å². The van der Waals surface area contributed by atoms with E-state index in [0.717, 1.165) is 20.9 Å². The molecule has 138 valence electrons. The van der Waals surface area contributed by atoms with Crippen LogP contribution in [0.5, 0.6) is 0 Å². The van der Waals surface area contributed by atoms with E-state index in [2.05, 4.69) is 0 Å². The van der Waals surface area contributed by atoms with Crippen molar-refractivity contribution in [3.63, 3.8) is 0 Å². The van der Waals surface area contributed by atoms with Crippen molar-refractivity contribution in [1.29, 1.82) is 0 Å². The van der Waals surface area contributed by atoms with Gasteiger partial charge in [-0.25, -0.2) is 23.5 Å². The summed E-state index contributed by atoms with van der Waals surface area (Å²) in [6, 6.07) is -1.02. The normalized spacial score (nSPS) is 22.0. The number of hydrogen-bond acceptors (Lipinski definition) is 8. The van der Waals surface area contributed by atoms with E-state index in [-0.39, 0.29) is 13.2 Å². The lowest BCUT2D eigenvalue weighted by Gasteiger charge is -2.37. The van der Waals surface area contributed by atoms with Gasteiger partial charge in [-0.1, -0.05) is 0 Å². The SMILES string of the molecule is CC(=O)OC[C@@H]1[C@@H](OC(C)=O)[C@H](OC(C)=O)Cn2c(=O)n(C)c(=O)n21. The lowest BCUT2D eigenvalue weighted by atomic mass is 10.0. The molecule has 1 aliphatic heterocycles. The van der Waals surface area contributed by atoms with Gasteiger partial charge in [-0.2, -0.15) is 0 Å². The molecule has 11 heteroatoms. The number of carbonyl (C=O) groups is 3. The van der Waals surface area contributed by atoms with Crippen molar-refractivity contribution in [1.82, 2.24) is 13.9 Å². The van der Waals surface area contributed by atoms with Gasteiger partial charge in [0.2, 0.25) is 0 Å². The Bertz CT molecular complexity index is 817. The monoisotopic (exact) mass is 357 g/mol. The Morgan fingerprint density at radius 1 is 1.00 bits per heavy atom. The summed E-state index contributed by atoms with van der Waals surface area (Å²) < 4.78 is 18.3. The fourth-order valence-electron chi connectivity index (χ4n) is 2.78. The fourth-order valence-corrected chi connectivity index (χ4v) is 2.78. The van der Waals surface area contributed by atoms with Crippen molar-refractivity contribution in [3.8, 4) is 0 Å². The summed E-state index contributed by atoms with van der Waals surface area (Å²) in [7, 11) is 1.29. The van der Waals surface area contributed by atoms with Crippen LogP contribution in [0.2, 0.25) is 0 Å². The molecular formula is C14H19N3O8. The molecule has 0 radical (unpaired) electrons. The van der Waals surface area contributed by atoms with Crippen LogP contribution in [0.4, 0.5) is 0 Å². The van der Waals surface area contributed by atoms with Crippen LogP contribution in [0.3, 0.4) is 0 Å². The minimum absolute atomic E-state index is 0.178. The Hall–Kier alpha value is -2.85. The number of hydrogen-bond donors (Lipinski definition) is 0. The van der Waals surface area contributed by atoms with Gasteiger partial charge in [-0.05, 0) is 0 Å². The van der Waals surface area contributed by atoms with Gasteiger partial charge in [0, 0.05) is 27.8 Å². The van der Waals surface area contributed by atoms with Gasteiger partial charge in [0.05, 0.1) is 6.54 Å². The molecule has 1 aromatic heterocycles. The molecule has 0 N–H and O–H groups in total. The number of carbonyl (C=O) groups excluding carboxylic acids is 3. The van der Waals surface area contributed by atoms with E-state index in [4.69, 9.17) is 14.2 Å². The molecule has 0 aromatic carbocycles. The van der Waals surface area contributed by atoms with Crippen LogP contribution >= 0.6 is 0 Å². The molecule has 0 saturated carbocycles. The van der Waals surface area contributed by atoms with Gasteiger partial charge in [-0.3, -0.25) is 14.4 Å². The van der Waals surface area contributed by atoms with Gasteiger partial charge < -0.3 is 14.2 Å². The second-order valence-electron chi connectivity index (χ2n) is 5.64. The summed E-state index contributed by atoms with van der Waals surface area (Å²) in [6.07, 6.45) is -2.11. The molecule has 2 rings (SSSR count). The standard InChI is InChI=1S/C14H19N3O8/c1-7(18)23-6-10-12(25-9(3)20)11(24-8(2)19)5-16-13(21)15(4)14(22)17(10)16/h10-12H,5-6H2,1-4H3/t10-,11-,12-/m1/s1. The van der Waals surface area contributed by atoms with Crippen LogP contribution in [0.15, 0.2) is 9.59 Å². The first kappa shape index (κ1) is 18.5. The Morgan fingerprint density at radius 2 is 1.60 bits per heavy atom. The first-order valence-corrected chi connectivity index (χ1v) is 7.49. The third-order valence-corrected chi connectivity index (χ3v) is 3.74. The van der Waals surface area contributed by atoms with Crippen molar-refractivity contribution in [3.05, 3.63) is 21.0 Å². The molecule has 0 saturated heterocycles. The lowest BCUT2D eigenvalue weighted by Crippen LogP contribution is -2.54. The van der Waals surface area contributed by atoms with Gasteiger partial charge >= 0.3 is 29.3 Å². The van der Waals surface area contributed by atoms with Gasteiger partial charge in [0.15, 0.2) is 12.2 Å². The first-order valence-electron chi connectivity index (χ1n) is 7.49. The van der Waals surface area contributed by atoms with E-state index in [1.165, 1.54) is 20.9 Å². The van der Waals surface area contributed by atoms with Crippen molar-refractivity contribution < 1.29 is 28.6 Å². The highest BCUT2D eigenvalue weighted by atomic mass is 16.6. The fraction of sp³-hybridized carbons (Fsp3) is 0.643. The zero-order valence-corrected chi connectivity index (χ0v) is 14.3. The quantitative estimate of drug-likeness (QED) is 0.462. The maximum absolute atomic E-state index is 12.4. The molecule has 25 heavy (non-hydrogen) atoms. The zero-order valence-electron chi connectivity index (χ0n) is 14.3. The second kappa shape index (κ2) is 6.95. The molecule has 0 aliphatic carbocycles. The van der Waals surface area contributed by atoms with Crippen LogP contribution < -0.4 is 11.4 Å². The minimum Gasteiger partial charge on any atom is -0.463 e. The van der Waals surface area contributed by atoms with Crippen LogP contribution in [-0.2, 0) is 42.2 Å². The summed E-state index contributed by atoms with van der Waals surface area (Å²) in [5.41, 5.74) is -1.29. The molecule has 11 nitrogen and oxygen atoms in total. The zero-order chi connectivity index (χ0) is 18.9.